The third-order valence-corrected chi connectivity index (χ3v) is 4.17. The number of halogens is 3. The minimum atomic E-state index is -4.41. The van der Waals surface area contributed by atoms with E-state index in [4.69, 9.17) is 0 Å². The Morgan fingerprint density at radius 2 is 2.00 bits per heavy atom. The molecule has 3 atom stereocenters. The van der Waals surface area contributed by atoms with E-state index in [0.717, 1.165) is 18.9 Å². The van der Waals surface area contributed by atoms with Gasteiger partial charge in [-0.1, -0.05) is 6.07 Å². The zero-order valence-corrected chi connectivity index (χ0v) is 10.3. The van der Waals surface area contributed by atoms with Crippen LogP contribution < -0.4 is 4.90 Å². The number of aromatic nitrogens is 1. The van der Waals surface area contributed by atoms with Gasteiger partial charge in [0.1, 0.15) is 11.5 Å². The topological polar surface area (TPSA) is 36.4 Å². The van der Waals surface area contributed by atoms with Crippen molar-refractivity contribution in [3.05, 3.63) is 23.9 Å². The van der Waals surface area contributed by atoms with Gasteiger partial charge >= 0.3 is 6.18 Å². The van der Waals surface area contributed by atoms with Crippen LogP contribution in [0.25, 0.3) is 0 Å². The molecule has 1 saturated carbocycles. The smallest absolute Gasteiger partial charge is 0.393 e. The third kappa shape index (κ3) is 2.29. The molecule has 0 amide bonds. The Morgan fingerprint density at radius 3 is 2.68 bits per heavy atom. The summed E-state index contributed by atoms with van der Waals surface area (Å²) in [7, 11) is 0. The minimum absolute atomic E-state index is 0.177. The summed E-state index contributed by atoms with van der Waals surface area (Å²) >= 11 is 0. The molecule has 2 aliphatic rings. The van der Waals surface area contributed by atoms with Crippen LogP contribution in [0.4, 0.5) is 19.0 Å². The summed E-state index contributed by atoms with van der Waals surface area (Å²) in [6, 6.07) is 3.97. The number of aliphatic hydroxyl groups excluding tert-OH is 1. The Balaban J connectivity index is 1.81. The zero-order valence-electron chi connectivity index (χ0n) is 10.3. The van der Waals surface area contributed by atoms with Crippen LogP contribution in [0.3, 0.4) is 0 Å². The van der Waals surface area contributed by atoms with E-state index in [9.17, 15) is 18.3 Å². The molecule has 1 N–H and O–H groups in total. The van der Waals surface area contributed by atoms with E-state index in [1.165, 1.54) is 6.07 Å². The second-order valence-corrected chi connectivity index (χ2v) is 5.35. The number of fused-ring (bicyclic) bond motifs is 1. The van der Waals surface area contributed by atoms with Crippen molar-refractivity contribution in [1.29, 1.82) is 0 Å². The Morgan fingerprint density at radius 1 is 1.21 bits per heavy atom. The van der Waals surface area contributed by atoms with E-state index < -0.39 is 11.9 Å². The second kappa shape index (κ2) is 4.37. The van der Waals surface area contributed by atoms with Gasteiger partial charge < -0.3 is 10.0 Å². The van der Waals surface area contributed by atoms with E-state index in [1.54, 1.807) is 6.07 Å². The fraction of sp³-hybridized carbons (Fsp3) is 0.615. The Hall–Kier alpha value is -1.30. The molecule has 3 nitrogen and oxygen atoms in total. The quantitative estimate of drug-likeness (QED) is 0.852. The molecular weight excluding hydrogens is 257 g/mol. The van der Waals surface area contributed by atoms with Crippen LogP contribution in [0.15, 0.2) is 18.2 Å². The van der Waals surface area contributed by atoms with Gasteiger partial charge in [-0.2, -0.15) is 13.2 Å². The van der Waals surface area contributed by atoms with Crippen LogP contribution in [0, 0.1) is 11.8 Å². The van der Waals surface area contributed by atoms with Crippen molar-refractivity contribution < 1.29 is 18.3 Å². The lowest BCUT2D eigenvalue weighted by atomic mass is 10.00. The predicted molar refractivity (Wildman–Crippen MR) is 63.7 cm³/mol. The molecule has 2 fully saturated rings. The number of nitrogens with zero attached hydrogens (tertiary/aromatic N) is 2. The maximum absolute atomic E-state index is 12.6. The highest BCUT2D eigenvalue weighted by Crippen LogP contribution is 2.39. The Bertz CT molecular complexity index is 477. The SMILES string of the molecule is O[C@@H]1CC[C@@H]2CN(c3cccc(C(F)(F)F)n3)C[C@@H]21. The highest BCUT2D eigenvalue weighted by atomic mass is 19.4. The third-order valence-electron chi connectivity index (χ3n) is 4.17. The average Bonchev–Trinajstić information content (AvgIpc) is 2.91. The van der Waals surface area contributed by atoms with E-state index in [2.05, 4.69) is 4.98 Å². The van der Waals surface area contributed by atoms with Crippen LogP contribution in [-0.4, -0.2) is 29.3 Å². The molecule has 1 aromatic heterocycles. The van der Waals surface area contributed by atoms with Gasteiger partial charge in [0.2, 0.25) is 0 Å². The second-order valence-electron chi connectivity index (χ2n) is 5.35. The summed E-state index contributed by atoms with van der Waals surface area (Å²) in [6.07, 6.45) is -2.98. The molecule has 6 heteroatoms. The molecular formula is C13H15F3N2O. The van der Waals surface area contributed by atoms with Gasteiger partial charge in [0, 0.05) is 19.0 Å². The van der Waals surface area contributed by atoms with E-state index in [0.29, 0.717) is 24.8 Å². The molecule has 1 aromatic rings. The van der Waals surface area contributed by atoms with Crippen LogP contribution in [0.2, 0.25) is 0 Å². The van der Waals surface area contributed by atoms with Crippen LogP contribution in [0.5, 0.6) is 0 Å². The maximum atomic E-state index is 12.6. The molecule has 2 heterocycles. The molecule has 1 aliphatic heterocycles. The van der Waals surface area contributed by atoms with Crippen molar-refractivity contribution in [3.8, 4) is 0 Å². The summed E-state index contributed by atoms with van der Waals surface area (Å²) in [5.74, 6) is 0.916. The molecule has 1 aliphatic carbocycles. The van der Waals surface area contributed by atoms with Crippen molar-refractivity contribution in [2.24, 2.45) is 11.8 Å². The lowest BCUT2D eigenvalue weighted by molar-refractivity contribution is -0.141. The molecule has 19 heavy (non-hydrogen) atoms. The number of anilines is 1. The summed E-state index contributed by atoms with van der Waals surface area (Å²) in [6.45, 7) is 1.29. The fourth-order valence-corrected chi connectivity index (χ4v) is 3.18. The molecule has 0 spiro atoms. The number of aliphatic hydroxyl groups is 1. The first-order chi connectivity index (χ1) is 8.95. The van der Waals surface area contributed by atoms with Gasteiger partial charge in [0.05, 0.1) is 6.10 Å². The molecule has 0 unspecified atom stereocenters. The van der Waals surface area contributed by atoms with Crippen molar-refractivity contribution in [3.63, 3.8) is 0 Å². The normalized spacial score (nSPS) is 30.7. The number of pyridine rings is 1. The van der Waals surface area contributed by atoms with Gasteiger partial charge in [-0.3, -0.25) is 0 Å². The zero-order chi connectivity index (χ0) is 13.6. The molecule has 104 valence electrons. The Kier molecular flexibility index (Phi) is 2.92. The largest absolute Gasteiger partial charge is 0.433 e. The predicted octanol–water partition coefficient (Wildman–Crippen LogP) is 2.31. The maximum Gasteiger partial charge on any atom is 0.433 e. The molecule has 0 radical (unpaired) electrons. The van der Waals surface area contributed by atoms with Gasteiger partial charge in [-0.25, -0.2) is 4.98 Å². The molecule has 0 bridgehead atoms. The first-order valence-corrected chi connectivity index (χ1v) is 6.42. The van der Waals surface area contributed by atoms with Crippen molar-refractivity contribution in [2.45, 2.75) is 25.1 Å². The van der Waals surface area contributed by atoms with Crippen molar-refractivity contribution >= 4 is 5.82 Å². The highest BCUT2D eigenvalue weighted by molar-refractivity contribution is 5.41. The van der Waals surface area contributed by atoms with E-state index in [-0.39, 0.29) is 12.0 Å². The minimum Gasteiger partial charge on any atom is -0.393 e. The first-order valence-electron chi connectivity index (χ1n) is 6.42. The summed E-state index contributed by atoms with van der Waals surface area (Å²) in [4.78, 5) is 5.55. The summed E-state index contributed by atoms with van der Waals surface area (Å²) in [5.41, 5.74) is -0.859. The van der Waals surface area contributed by atoms with Crippen molar-refractivity contribution in [1.82, 2.24) is 4.98 Å². The molecule has 3 rings (SSSR count). The number of hydrogen-bond donors (Lipinski definition) is 1. The first kappa shape index (κ1) is 12.7. The Labute approximate surface area is 109 Å². The monoisotopic (exact) mass is 272 g/mol. The van der Waals surface area contributed by atoms with Gasteiger partial charge in [0.15, 0.2) is 0 Å². The average molecular weight is 272 g/mol. The van der Waals surface area contributed by atoms with Gasteiger partial charge in [0.25, 0.3) is 0 Å². The fourth-order valence-electron chi connectivity index (χ4n) is 3.18. The van der Waals surface area contributed by atoms with Crippen LogP contribution >= 0.6 is 0 Å². The van der Waals surface area contributed by atoms with Gasteiger partial charge in [-0.15, -0.1) is 0 Å². The van der Waals surface area contributed by atoms with Crippen LogP contribution in [0.1, 0.15) is 18.5 Å². The number of rotatable bonds is 1. The number of alkyl halides is 3. The van der Waals surface area contributed by atoms with E-state index >= 15 is 0 Å². The van der Waals surface area contributed by atoms with Gasteiger partial charge in [-0.05, 0) is 30.9 Å². The van der Waals surface area contributed by atoms with Crippen LogP contribution in [-0.2, 0) is 6.18 Å². The lowest BCUT2D eigenvalue weighted by Crippen LogP contribution is -2.25. The molecule has 1 saturated heterocycles. The number of hydrogen-bond acceptors (Lipinski definition) is 3. The summed E-state index contributed by atoms with van der Waals surface area (Å²) in [5, 5.41) is 9.82. The van der Waals surface area contributed by atoms with Crippen molar-refractivity contribution in [2.75, 3.05) is 18.0 Å². The summed E-state index contributed by atoms with van der Waals surface area (Å²) < 4.78 is 37.9. The standard InChI is InChI=1S/C13H15F3N2O/c14-13(15,16)11-2-1-3-12(17-11)18-6-8-4-5-10(19)9(8)7-18/h1-3,8-10,19H,4-7H2/t8-,9+,10-/m1/s1. The molecule has 0 aromatic carbocycles. The highest BCUT2D eigenvalue weighted by Gasteiger charge is 2.42. The lowest BCUT2D eigenvalue weighted by Gasteiger charge is -2.20. The van der Waals surface area contributed by atoms with E-state index in [1.807, 2.05) is 4.90 Å².